The van der Waals surface area contributed by atoms with Crippen molar-refractivity contribution in [2.45, 2.75) is 0 Å². The van der Waals surface area contributed by atoms with E-state index < -0.39 is 0 Å². The van der Waals surface area contributed by atoms with Crippen molar-refractivity contribution < 1.29 is 9.90 Å². The first-order valence-electron chi connectivity index (χ1n) is 8.61. The molecule has 3 aromatic rings. The second kappa shape index (κ2) is 8.05. The number of benzene rings is 2. The van der Waals surface area contributed by atoms with Crippen molar-refractivity contribution in [1.29, 1.82) is 0 Å². The molecular weight excluding hydrogens is 392 g/mol. The Bertz CT molecular complexity index is 1110. The van der Waals surface area contributed by atoms with E-state index in [-0.39, 0.29) is 12.5 Å². The minimum absolute atomic E-state index is 0.00761. The molecule has 28 heavy (non-hydrogen) atoms. The summed E-state index contributed by atoms with van der Waals surface area (Å²) in [7, 11) is 0. The Balaban J connectivity index is 1.78. The summed E-state index contributed by atoms with van der Waals surface area (Å²) in [5.74, 6) is 0.419. The summed E-state index contributed by atoms with van der Waals surface area (Å²) >= 11 is 6.29. The normalized spacial score (nSPS) is 15.2. The molecule has 1 amide bonds. The molecule has 2 aromatic carbocycles. The van der Waals surface area contributed by atoms with Crippen LogP contribution in [-0.4, -0.2) is 38.5 Å². The van der Waals surface area contributed by atoms with E-state index in [1.54, 1.807) is 6.08 Å². The van der Waals surface area contributed by atoms with Crippen LogP contribution in [0.1, 0.15) is 5.56 Å². The highest BCUT2D eigenvalue weighted by atomic mass is 32.2. The van der Waals surface area contributed by atoms with Crippen molar-refractivity contribution >= 4 is 57.1 Å². The van der Waals surface area contributed by atoms with Crippen molar-refractivity contribution in [1.82, 2.24) is 15.3 Å². The molecule has 1 saturated heterocycles. The van der Waals surface area contributed by atoms with Gasteiger partial charge in [-0.05, 0) is 29.8 Å². The van der Waals surface area contributed by atoms with Gasteiger partial charge in [0.25, 0.3) is 5.91 Å². The molecule has 0 unspecified atom stereocenters. The van der Waals surface area contributed by atoms with E-state index >= 15 is 0 Å². The van der Waals surface area contributed by atoms with Crippen LogP contribution in [0.2, 0.25) is 0 Å². The zero-order valence-electron chi connectivity index (χ0n) is 14.7. The maximum Gasteiger partial charge on any atom is 0.263 e. The monoisotopic (exact) mass is 408 g/mol. The number of anilines is 1. The van der Waals surface area contributed by atoms with Crippen LogP contribution in [0.4, 0.5) is 5.82 Å². The molecule has 1 aliphatic rings. The highest BCUT2D eigenvalue weighted by Gasteiger charge is 2.22. The summed E-state index contributed by atoms with van der Waals surface area (Å²) in [4.78, 5) is 21.9. The Morgan fingerprint density at radius 1 is 1.14 bits per heavy atom. The summed E-state index contributed by atoms with van der Waals surface area (Å²) in [6, 6.07) is 15.4. The number of carbonyl (C=O) groups is 1. The second-order valence-electron chi connectivity index (χ2n) is 6.04. The number of aliphatic hydroxyl groups excluding tert-OH is 1. The molecule has 1 aliphatic heterocycles. The SMILES string of the molecule is O=C1NC(=S)SC1=Cc1cccc(-c2nc3ccccc3nc2NCCO)c1. The van der Waals surface area contributed by atoms with Crippen molar-refractivity contribution in [3.05, 3.63) is 59.0 Å². The number of aliphatic hydroxyl groups is 1. The molecular formula is C20H16N4O2S2. The number of aromatic nitrogens is 2. The number of amides is 1. The molecule has 0 atom stereocenters. The molecule has 0 radical (unpaired) electrons. The largest absolute Gasteiger partial charge is 0.395 e. The third-order valence-corrected chi connectivity index (χ3v) is 5.24. The Morgan fingerprint density at radius 2 is 1.93 bits per heavy atom. The molecule has 1 aromatic heterocycles. The van der Waals surface area contributed by atoms with Gasteiger partial charge in [-0.3, -0.25) is 4.79 Å². The highest BCUT2D eigenvalue weighted by molar-refractivity contribution is 8.26. The lowest BCUT2D eigenvalue weighted by Gasteiger charge is -2.12. The minimum atomic E-state index is -0.184. The second-order valence-corrected chi connectivity index (χ2v) is 7.76. The van der Waals surface area contributed by atoms with Gasteiger partial charge in [-0.15, -0.1) is 0 Å². The molecule has 8 heteroatoms. The first-order chi connectivity index (χ1) is 13.6. The average molecular weight is 409 g/mol. The van der Waals surface area contributed by atoms with E-state index in [1.807, 2.05) is 48.5 Å². The highest BCUT2D eigenvalue weighted by Crippen LogP contribution is 2.30. The van der Waals surface area contributed by atoms with E-state index in [2.05, 4.69) is 15.6 Å². The van der Waals surface area contributed by atoms with Gasteiger partial charge in [-0.1, -0.05) is 54.3 Å². The fourth-order valence-corrected chi connectivity index (χ4v) is 3.89. The molecule has 3 N–H and O–H groups in total. The van der Waals surface area contributed by atoms with E-state index in [1.165, 1.54) is 11.8 Å². The van der Waals surface area contributed by atoms with Gasteiger partial charge >= 0.3 is 0 Å². The number of hydrogen-bond acceptors (Lipinski definition) is 7. The molecule has 1 fully saturated rings. The number of hydrogen-bond donors (Lipinski definition) is 3. The summed E-state index contributed by atoms with van der Waals surface area (Å²) in [5.41, 5.74) is 3.97. The molecule has 0 spiro atoms. The molecule has 0 bridgehead atoms. The molecule has 4 rings (SSSR count). The number of nitrogens with zero attached hydrogens (tertiary/aromatic N) is 2. The van der Waals surface area contributed by atoms with Gasteiger partial charge in [0.05, 0.1) is 22.5 Å². The van der Waals surface area contributed by atoms with E-state index in [9.17, 15) is 9.90 Å². The van der Waals surface area contributed by atoms with Crippen molar-refractivity contribution in [3.8, 4) is 11.3 Å². The minimum Gasteiger partial charge on any atom is -0.395 e. The van der Waals surface area contributed by atoms with E-state index in [4.69, 9.17) is 17.2 Å². The number of fused-ring (bicyclic) bond motifs is 1. The number of thiocarbonyl (C=S) groups is 1. The quantitative estimate of drug-likeness (QED) is 0.441. The van der Waals surface area contributed by atoms with Gasteiger partial charge in [0, 0.05) is 12.1 Å². The number of para-hydroxylation sites is 2. The van der Waals surface area contributed by atoms with Crippen molar-refractivity contribution in [2.75, 3.05) is 18.5 Å². The van der Waals surface area contributed by atoms with Crippen LogP contribution >= 0.6 is 24.0 Å². The standard InChI is InChI=1S/C20H16N4O2S2/c25-9-8-21-18-17(22-14-6-1-2-7-15(14)23-18)13-5-3-4-12(10-13)11-16-19(26)24-20(27)28-16/h1-7,10-11,25H,8-9H2,(H,21,23)(H,24,26,27). The summed E-state index contributed by atoms with van der Waals surface area (Å²) in [5, 5.41) is 14.9. The molecule has 0 aliphatic carbocycles. The first-order valence-corrected chi connectivity index (χ1v) is 9.83. The lowest BCUT2D eigenvalue weighted by Crippen LogP contribution is -2.17. The Kier molecular flexibility index (Phi) is 5.34. The first kappa shape index (κ1) is 18.5. The molecule has 0 saturated carbocycles. The Labute approximate surface area is 171 Å². The lowest BCUT2D eigenvalue weighted by molar-refractivity contribution is -0.115. The topological polar surface area (TPSA) is 87.1 Å². The van der Waals surface area contributed by atoms with Crippen LogP contribution in [0.5, 0.6) is 0 Å². The van der Waals surface area contributed by atoms with Crippen LogP contribution in [0, 0.1) is 0 Å². The van der Waals surface area contributed by atoms with E-state index in [0.29, 0.717) is 27.3 Å². The van der Waals surface area contributed by atoms with Gasteiger partial charge in [-0.2, -0.15) is 0 Å². The summed E-state index contributed by atoms with van der Waals surface area (Å²) in [6.45, 7) is 0.365. The Hall–Kier alpha value is -2.81. The summed E-state index contributed by atoms with van der Waals surface area (Å²) < 4.78 is 0.461. The number of nitrogens with one attached hydrogen (secondary N) is 2. The fraction of sp³-hybridized carbons (Fsp3) is 0.100. The number of rotatable bonds is 5. The van der Waals surface area contributed by atoms with Gasteiger partial charge in [0.2, 0.25) is 0 Å². The maximum atomic E-state index is 11.9. The smallest absolute Gasteiger partial charge is 0.263 e. The van der Waals surface area contributed by atoms with E-state index in [0.717, 1.165) is 22.2 Å². The average Bonchev–Trinajstić information content (AvgIpc) is 3.02. The third kappa shape index (κ3) is 3.89. The van der Waals surface area contributed by atoms with Crippen LogP contribution in [-0.2, 0) is 4.79 Å². The lowest BCUT2D eigenvalue weighted by atomic mass is 10.1. The van der Waals surface area contributed by atoms with Crippen LogP contribution < -0.4 is 10.6 Å². The van der Waals surface area contributed by atoms with Crippen LogP contribution in [0.3, 0.4) is 0 Å². The van der Waals surface area contributed by atoms with Crippen molar-refractivity contribution in [2.24, 2.45) is 0 Å². The van der Waals surface area contributed by atoms with Gasteiger partial charge in [0.15, 0.2) is 5.82 Å². The van der Waals surface area contributed by atoms with Crippen LogP contribution in [0.25, 0.3) is 28.4 Å². The predicted octanol–water partition coefficient (Wildman–Crippen LogP) is 3.19. The third-order valence-electron chi connectivity index (χ3n) is 4.07. The van der Waals surface area contributed by atoms with Gasteiger partial charge in [-0.25, -0.2) is 9.97 Å². The molecule has 6 nitrogen and oxygen atoms in total. The zero-order valence-corrected chi connectivity index (χ0v) is 16.3. The number of thioether (sulfide) groups is 1. The van der Waals surface area contributed by atoms with Gasteiger partial charge < -0.3 is 15.7 Å². The number of carbonyl (C=O) groups excluding carboxylic acids is 1. The fourth-order valence-electron chi connectivity index (χ4n) is 2.85. The summed E-state index contributed by atoms with van der Waals surface area (Å²) in [6.07, 6.45) is 1.80. The predicted molar refractivity (Wildman–Crippen MR) is 117 cm³/mol. The molecule has 140 valence electrons. The van der Waals surface area contributed by atoms with Crippen molar-refractivity contribution in [3.63, 3.8) is 0 Å². The van der Waals surface area contributed by atoms with Crippen LogP contribution in [0.15, 0.2) is 53.4 Å². The van der Waals surface area contributed by atoms with Gasteiger partial charge in [0.1, 0.15) is 10.0 Å². The maximum absolute atomic E-state index is 11.9. The zero-order chi connectivity index (χ0) is 19.5. The molecule has 2 heterocycles. The Morgan fingerprint density at radius 3 is 2.64 bits per heavy atom.